The zero-order chi connectivity index (χ0) is 5.70. The van der Waals surface area contributed by atoms with Gasteiger partial charge in [-0.3, -0.25) is 5.43 Å². The molecule has 0 aliphatic rings. The molecule has 0 rings (SSSR count). The average molecular weight is 117 g/mol. The average Bonchev–Trinajstić information content (AvgIpc) is 1.61. The van der Waals surface area contributed by atoms with Crippen LogP contribution in [0.1, 0.15) is 0 Å². The van der Waals surface area contributed by atoms with E-state index in [1.165, 1.54) is 6.20 Å². The predicted octanol–water partition coefficient (Wildman–Crippen LogP) is -0.532. The van der Waals surface area contributed by atoms with E-state index >= 15 is 0 Å². The molecule has 0 spiro atoms. The van der Waals surface area contributed by atoms with Crippen molar-refractivity contribution in [1.29, 1.82) is 0 Å². The Labute approximate surface area is 47.5 Å². The Balaban J connectivity index is 2.97. The van der Waals surface area contributed by atoms with Crippen LogP contribution in [0.2, 0.25) is 0 Å². The van der Waals surface area contributed by atoms with Gasteiger partial charge in [0, 0.05) is 6.20 Å². The molecule has 0 bridgehead atoms. The fraction of sp³-hybridized carbons (Fsp3) is 0. The van der Waals surface area contributed by atoms with Crippen LogP contribution in [0.15, 0.2) is 12.8 Å². The number of hydrogen-bond donors (Lipinski definition) is 3. The lowest BCUT2D eigenvalue weighted by molar-refractivity contribution is 0.826. The second-order valence-electron chi connectivity index (χ2n) is 0.838. The van der Waals surface area contributed by atoms with E-state index < -0.39 is 0 Å². The van der Waals surface area contributed by atoms with Crippen molar-refractivity contribution in [2.24, 2.45) is 5.73 Å². The van der Waals surface area contributed by atoms with Gasteiger partial charge in [-0.15, -0.1) is 0 Å². The summed E-state index contributed by atoms with van der Waals surface area (Å²) in [6, 6.07) is 0. The van der Waals surface area contributed by atoms with Gasteiger partial charge in [0.05, 0.1) is 0 Å². The zero-order valence-electron chi connectivity index (χ0n) is 3.77. The molecule has 0 saturated carbocycles. The standard InChI is InChI=1S/C3H7N3S/c1-2-5-6-3(4)7/h2,5H,1H2,(H3,4,6,7). The van der Waals surface area contributed by atoms with Gasteiger partial charge in [-0.1, -0.05) is 6.58 Å². The van der Waals surface area contributed by atoms with Gasteiger partial charge < -0.3 is 11.2 Å². The maximum absolute atomic E-state index is 4.99. The molecule has 0 atom stereocenters. The molecule has 3 nitrogen and oxygen atoms in total. The van der Waals surface area contributed by atoms with Crippen LogP contribution in [-0.4, -0.2) is 5.11 Å². The van der Waals surface area contributed by atoms with E-state index in [-0.39, 0.29) is 5.11 Å². The van der Waals surface area contributed by atoms with Crippen molar-refractivity contribution in [3.63, 3.8) is 0 Å². The first-order valence-electron chi connectivity index (χ1n) is 1.69. The fourth-order valence-electron chi connectivity index (χ4n) is 0.122. The summed E-state index contributed by atoms with van der Waals surface area (Å²) in [7, 11) is 0. The summed E-state index contributed by atoms with van der Waals surface area (Å²) < 4.78 is 0. The first-order valence-corrected chi connectivity index (χ1v) is 2.10. The number of hydrazine groups is 1. The van der Waals surface area contributed by atoms with Crippen LogP contribution in [0, 0.1) is 0 Å². The lowest BCUT2D eigenvalue weighted by atomic mass is 11.0. The SMILES string of the molecule is C=CNNC(N)=S. The van der Waals surface area contributed by atoms with Crippen LogP contribution in [0.25, 0.3) is 0 Å². The molecule has 0 aromatic rings. The summed E-state index contributed by atoms with van der Waals surface area (Å²) in [5, 5.41) is 0.208. The molecule has 0 saturated heterocycles. The minimum absolute atomic E-state index is 0.208. The summed E-state index contributed by atoms with van der Waals surface area (Å²) in [5.74, 6) is 0. The summed E-state index contributed by atoms with van der Waals surface area (Å²) >= 11 is 4.42. The minimum Gasteiger partial charge on any atom is -0.375 e. The second kappa shape index (κ2) is 3.42. The topological polar surface area (TPSA) is 50.1 Å². The third-order valence-electron chi connectivity index (χ3n) is 0.297. The molecule has 7 heavy (non-hydrogen) atoms. The molecule has 0 aromatic heterocycles. The molecule has 0 aromatic carbocycles. The molecule has 0 aliphatic heterocycles. The first-order chi connectivity index (χ1) is 3.27. The van der Waals surface area contributed by atoms with Gasteiger partial charge in [-0.2, -0.15) is 0 Å². The van der Waals surface area contributed by atoms with Crippen molar-refractivity contribution >= 4 is 17.3 Å². The van der Waals surface area contributed by atoms with Crippen LogP contribution < -0.4 is 16.6 Å². The van der Waals surface area contributed by atoms with Gasteiger partial charge in [-0.25, -0.2) is 0 Å². The molecule has 4 heteroatoms. The van der Waals surface area contributed by atoms with Crippen molar-refractivity contribution in [2.45, 2.75) is 0 Å². The van der Waals surface area contributed by atoms with Crippen LogP contribution in [-0.2, 0) is 0 Å². The van der Waals surface area contributed by atoms with Gasteiger partial charge in [0.25, 0.3) is 0 Å². The van der Waals surface area contributed by atoms with Crippen LogP contribution in [0.4, 0.5) is 0 Å². The smallest absolute Gasteiger partial charge is 0.182 e. The third kappa shape index (κ3) is 5.23. The predicted molar refractivity (Wildman–Crippen MR) is 33.3 cm³/mol. The van der Waals surface area contributed by atoms with E-state index in [1.54, 1.807) is 0 Å². The Morgan fingerprint density at radius 2 is 2.43 bits per heavy atom. The van der Waals surface area contributed by atoms with Gasteiger partial charge >= 0.3 is 0 Å². The van der Waals surface area contributed by atoms with E-state index in [9.17, 15) is 0 Å². The molecule has 0 amide bonds. The monoisotopic (exact) mass is 117 g/mol. The third-order valence-corrected chi connectivity index (χ3v) is 0.399. The normalized spacial score (nSPS) is 6.86. The van der Waals surface area contributed by atoms with Crippen molar-refractivity contribution in [1.82, 2.24) is 10.9 Å². The van der Waals surface area contributed by atoms with Crippen molar-refractivity contribution in [2.75, 3.05) is 0 Å². The summed E-state index contributed by atoms with van der Waals surface area (Å²) in [6.07, 6.45) is 1.44. The zero-order valence-corrected chi connectivity index (χ0v) is 4.59. The van der Waals surface area contributed by atoms with E-state index in [2.05, 4.69) is 29.6 Å². The summed E-state index contributed by atoms with van der Waals surface area (Å²) in [6.45, 7) is 3.34. The van der Waals surface area contributed by atoms with E-state index in [0.717, 1.165) is 0 Å². The molecule has 0 unspecified atom stereocenters. The van der Waals surface area contributed by atoms with Crippen LogP contribution >= 0.6 is 12.2 Å². The number of rotatable bonds is 2. The molecule has 4 N–H and O–H groups in total. The lowest BCUT2D eigenvalue weighted by Gasteiger charge is -1.98. The lowest BCUT2D eigenvalue weighted by Crippen LogP contribution is -2.37. The number of hydrogen-bond acceptors (Lipinski definition) is 2. The van der Waals surface area contributed by atoms with Crippen LogP contribution in [0.3, 0.4) is 0 Å². The molecule has 0 radical (unpaired) electrons. The Bertz CT molecular complexity index is 80.2. The Morgan fingerprint density at radius 3 is 2.57 bits per heavy atom. The van der Waals surface area contributed by atoms with Crippen molar-refractivity contribution in [3.8, 4) is 0 Å². The molecule has 0 fully saturated rings. The Morgan fingerprint density at radius 1 is 1.86 bits per heavy atom. The Kier molecular flexibility index (Phi) is 3.04. The fourth-order valence-corrected chi connectivity index (χ4v) is 0.181. The van der Waals surface area contributed by atoms with Gasteiger partial charge in [-0.05, 0) is 12.2 Å². The molecule has 0 aliphatic carbocycles. The molecule has 0 heterocycles. The highest BCUT2D eigenvalue weighted by molar-refractivity contribution is 7.80. The summed E-state index contributed by atoms with van der Waals surface area (Å²) in [5.41, 5.74) is 9.92. The van der Waals surface area contributed by atoms with Crippen molar-refractivity contribution < 1.29 is 0 Å². The highest BCUT2D eigenvalue weighted by Gasteiger charge is 1.73. The Hall–Kier alpha value is -0.770. The highest BCUT2D eigenvalue weighted by atomic mass is 32.1. The van der Waals surface area contributed by atoms with Gasteiger partial charge in [0.1, 0.15) is 0 Å². The van der Waals surface area contributed by atoms with Crippen LogP contribution in [0.5, 0.6) is 0 Å². The number of nitrogens with two attached hydrogens (primary N) is 1. The number of nitrogens with one attached hydrogen (secondary N) is 2. The van der Waals surface area contributed by atoms with Crippen molar-refractivity contribution in [3.05, 3.63) is 12.8 Å². The van der Waals surface area contributed by atoms with E-state index in [1.807, 2.05) is 0 Å². The van der Waals surface area contributed by atoms with E-state index in [0.29, 0.717) is 0 Å². The van der Waals surface area contributed by atoms with Gasteiger partial charge in [0.15, 0.2) is 5.11 Å². The maximum Gasteiger partial charge on any atom is 0.182 e. The second-order valence-corrected chi connectivity index (χ2v) is 1.28. The largest absolute Gasteiger partial charge is 0.375 e. The number of thiocarbonyl (C=S) groups is 1. The minimum atomic E-state index is 0.208. The molecular formula is C3H7N3S. The summed E-state index contributed by atoms with van der Waals surface area (Å²) in [4.78, 5) is 0. The highest BCUT2D eigenvalue weighted by Crippen LogP contribution is 1.49. The molecule has 40 valence electrons. The van der Waals surface area contributed by atoms with Gasteiger partial charge in [0.2, 0.25) is 0 Å². The first kappa shape index (κ1) is 6.23. The molecular weight excluding hydrogens is 110 g/mol. The maximum atomic E-state index is 4.99. The quantitative estimate of drug-likeness (QED) is 0.336. The van der Waals surface area contributed by atoms with E-state index in [4.69, 9.17) is 5.73 Å².